The number of benzene rings is 2. The normalized spacial score (nSPS) is 24.1. The van der Waals surface area contributed by atoms with Gasteiger partial charge in [0.15, 0.2) is 0 Å². The first-order chi connectivity index (χ1) is 14.3. The summed E-state index contributed by atoms with van der Waals surface area (Å²) in [5.41, 5.74) is 3.24. The maximum Gasteiger partial charge on any atom is 0.254 e. The smallest absolute Gasteiger partial charge is 0.254 e. The summed E-state index contributed by atoms with van der Waals surface area (Å²) >= 11 is 0. The van der Waals surface area contributed by atoms with Gasteiger partial charge in [0.25, 0.3) is 5.91 Å². The molecule has 0 saturated carbocycles. The van der Waals surface area contributed by atoms with Crippen molar-refractivity contribution >= 4 is 5.91 Å². The van der Waals surface area contributed by atoms with Crippen molar-refractivity contribution in [2.24, 2.45) is 5.92 Å². The van der Waals surface area contributed by atoms with Crippen LogP contribution in [0.2, 0.25) is 0 Å². The summed E-state index contributed by atoms with van der Waals surface area (Å²) in [5, 5.41) is 0. The monoisotopic (exact) mass is 390 g/mol. The average molecular weight is 391 g/mol. The lowest BCUT2D eigenvalue weighted by molar-refractivity contribution is 0.0565. The summed E-state index contributed by atoms with van der Waals surface area (Å²) in [5.74, 6) is 1.58. The van der Waals surface area contributed by atoms with Crippen molar-refractivity contribution < 1.29 is 9.53 Å². The topological polar surface area (TPSA) is 32.8 Å². The van der Waals surface area contributed by atoms with Crippen molar-refractivity contribution in [3.63, 3.8) is 0 Å². The predicted octanol–water partition coefficient (Wildman–Crippen LogP) is 4.49. The van der Waals surface area contributed by atoms with Crippen LogP contribution < -0.4 is 4.74 Å². The van der Waals surface area contributed by atoms with Crippen molar-refractivity contribution in [2.45, 2.75) is 51.2 Å². The highest BCUT2D eigenvalue weighted by atomic mass is 16.5. The molecule has 3 aliphatic heterocycles. The number of nitrogens with zero attached hydrogens (tertiary/aromatic N) is 2. The van der Waals surface area contributed by atoms with Crippen molar-refractivity contribution in [1.29, 1.82) is 0 Å². The maximum atomic E-state index is 12.8. The van der Waals surface area contributed by atoms with Crippen LogP contribution in [0.1, 0.15) is 53.6 Å². The highest BCUT2D eigenvalue weighted by Gasteiger charge is 2.30. The number of carbonyl (C=O) groups excluding carboxylic acids is 1. The third-order valence-electron chi connectivity index (χ3n) is 6.86. The van der Waals surface area contributed by atoms with E-state index in [2.05, 4.69) is 17.0 Å². The number of hydrogen-bond donors (Lipinski definition) is 0. The van der Waals surface area contributed by atoms with Crippen molar-refractivity contribution in [3.05, 3.63) is 65.2 Å². The van der Waals surface area contributed by atoms with Gasteiger partial charge in [0.1, 0.15) is 5.75 Å². The van der Waals surface area contributed by atoms with E-state index in [1.54, 1.807) is 0 Å². The maximum absolute atomic E-state index is 12.8. The van der Waals surface area contributed by atoms with E-state index in [4.69, 9.17) is 4.74 Å². The molecule has 0 radical (unpaired) electrons. The van der Waals surface area contributed by atoms with Gasteiger partial charge in [-0.2, -0.15) is 0 Å². The molecule has 2 atom stereocenters. The molecule has 2 fully saturated rings. The van der Waals surface area contributed by atoms with Crippen LogP contribution in [0.25, 0.3) is 0 Å². The molecule has 2 unspecified atom stereocenters. The van der Waals surface area contributed by atoms with E-state index in [9.17, 15) is 4.79 Å². The lowest BCUT2D eigenvalue weighted by atomic mass is 9.88. The number of carbonyl (C=O) groups is 1. The Kier molecular flexibility index (Phi) is 5.28. The molecule has 152 valence electrons. The Balaban J connectivity index is 1.14. The van der Waals surface area contributed by atoms with Gasteiger partial charge in [-0.15, -0.1) is 0 Å². The molecule has 4 heteroatoms. The lowest BCUT2D eigenvalue weighted by Crippen LogP contribution is -2.47. The molecular formula is C25H30N2O2. The molecule has 0 spiro atoms. The predicted molar refractivity (Wildman–Crippen MR) is 114 cm³/mol. The Morgan fingerprint density at radius 2 is 1.69 bits per heavy atom. The molecule has 0 bridgehead atoms. The lowest BCUT2D eigenvalue weighted by Gasteiger charge is -2.42. The fourth-order valence-electron chi connectivity index (χ4n) is 5.18. The van der Waals surface area contributed by atoms with Gasteiger partial charge < -0.3 is 9.64 Å². The Morgan fingerprint density at radius 3 is 2.45 bits per heavy atom. The van der Waals surface area contributed by atoms with E-state index in [0.717, 1.165) is 24.0 Å². The zero-order valence-corrected chi connectivity index (χ0v) is 17.1. The summed E-state index contributed by atoms with van der Waals surface area (Å²) in [6.07, 6.45) is 6.72. The van der Waals surface area contributed by atoms with Gasteiger partial charge >= 0.3 is 0 Å². The van der Waals surface area contributed by atoms with Crippen LogP contribution in [0.4, 0.5) is 0 Å². The van der Waals surface area contributed by atoms with Crippen LogP contribution in [0.5, 0.6) is 5.75 Å². The zero-order valence-electron chi connectivity index (χ0n) is 17.1. The standard InChI is InChI=1S/C25H30N2O2/c28-25(27-16-21-5-1-2-6-22(21)17-27)20-9-12-24(13-10-20)29-18-19-8-11-23-7-3-4-14-26(23)15-19/h1-2,5-6,9-10,12-13,19,23H,3-4,7-8,11,14-18H2. The number of fused-ring (bicyclic) bond motifs is 2. The second-order valence-electron chi connectivity index (χ2n) is 8.85. The van der Waals surface area contributed by atoms with Gasteiger partial charge in [-0.25, -0.2) is 0 Å². The first-order valence-corrected chi connectivity index (χ1v) is 11.1. The van der Waals surface area contributed by atoms with Crippen LogP contribution in [-0.4, -0.2) is 41.4 Å². The molecule has 3 aliphatic rings. The molecular weight excluding hydrogens is 360 g/mol. The Morgan fingerprint density at radius 1 is 0.931 bits per heavy atom. The van der Waals surface area contributed by atoms with E-state index < -0.39 is 0 Å². The molecule has 2 saturated heterocycles. The molecule has 0 aromatic heterocycles. The van der Waals surface area contributed by atoms with Gasteiger partial charge in [-0.05, 0) is 67.6 Å². The molecule has 5 rings (SSSR count). The Labute approximate surface area is 173 Å². The Bertz CT molecular complexity index is 838. The Hall–Kier alpha value is -2.33. The van der Waals surface area contributed by atoms with Gasteiger partial charge in [0.05, 0.1) is 6.61 Å². The quantitative estimate of drug-likeness (QED) is 0.771. The molecule has 0 aliphatic carbocycles. The number of rotatable bonds is 4. The van der Waals surface area contributed by atoms with Gasteiger partial charge in [0, 0.05) is 37.2 Å². The minimum absolute atomic E-state index is 0.0937. The van der Waals surface area contributed by atoms with E-state index in [1.807, 2.05) is 41.3 Å². The molecule has 1 amide bonds. The van der Waals surface area contributed by atoms with Crippen molar-refractivity contribution in [1.82, 2.24) is 9.80 Å². The number of ether oxygens (including phenoxy) is 1. The van der Waals surface area contributed by atoms with E-state index in [1.165, 1.54) is 56.3 Å². The van der Waals surface area contributed by atoms with Crippen LogP contribution in [0, 0.1) is 5.92 Å². The average Bonchev–Trinajstić information content (AvgIpc) is 3.22. The van der Waals surface area contributed by atoms with E-state index in [-0.39, 0.29) is 5.91 Å². The van der Waals surface area contributed by atoms with Gasteiger partial charge in [-0.3, -0.25) is 9.69 Å². The molecule has 2 aromatic carbocycles. The first-order valence-electron chi connectivity index (χ1n) is 11.1. The van der Waals surface area contributed by atoms with Crippen LogP contribution in [0.3, 0.4) is 0 Å². The fourth-order valence-corrected chi connectivity index (χ4v) is 5.18. The molecule has 0 N–H and O–H groups in total. The second-order valence-corrected chi connectivity index (χ2v) is 8.85. The van der Waals surface area contributed by atoms with Crippen LogP contribution in [0.15, 0.2) is 48.5 Å². The molecule has 2 aromatic rings. The minimum atomic E-state index is 0.0937. The SMILES string of the molecule is O=C(c1ccc(OCC2CCC3CCCCN3C2)cc1)N1Cc2ccccc2C1. The molecule has 29 heavy (non-hydrogen) atoms. The highest BCUT2D eigenvalue weighted by molar-refractivity contribution is 5.94. The minimum Gasteiger partial charge on any atom is -0.493 e. The van der Waals surface area contributed by atoms with Crippen molar-refractivity contribution in [2.75, 3.05) is 19.7 Å². The van der Waals surface area contributed by atoms with Crippen molar-refractivity contribution in [3.8, 4) is 5.75 Å². The van der Waals surface area contributed by atoms with Gasteiger partial charge in [0.2, 0.25) is 0 Å². The number of piperidine rings is 2. The third kappa shape index (κ3) is 4.04. The largest absolute Gasteiger partial charge is 0.493 e. The van der Waals surface area contributed by atoms with Crippen LogP contribution in [-0.2, 0) is 13.1 Å². The summed E-state index contributed by atoms with van der Waals surface area (Å²) < 4.78 is 6.08. The summed E-state index contributed by atoms with van der Waals surface area (Å²) in [7, 11) is 0. The molecule has 4 nitrogen and oxygen atoms in total. The summed E-state index contributed by atoms with van der Waals surface area (Å²) in [4.78, 5) is 17.4. The highest BCUT2D eigenvalue weighted by Crippen LogP contribution is 2.29. The second kappa shape index (κ2) is 8.19. The number of amides is 1. The summed E-state index contributed by atoms with van der Waals surface area (Å²) in [6.45, 7) is 4.62. The van der Waals surface area contributed by atoms with E-state index in [0.29, 0.717) is 19.0 Å². The third-order valence-corrected chi connectivity index (χ3v) is 6.86. The van der Waals surface area contributed by atoms with Crippen LogP contribution >= 0.6 is 0 Å². The summed E-state index contributed by atoms with van der Waals surface area (Å²) in [6, 6.07) is 16.8. The number of hydrogen-bond acceptors (Lipinski definition) is 3. The van der Waals surface area contributed by atoms with E-state index >= 15 is 0 Å². The van der Waals surface area contributed by atoms with Gasteiger partial charge in [-0.1, -0.05) is 30.7 Å². The molecule has 3 heterocycles. The zero-order chi connectivity index (χ0) is 19.6. The fraction of sp³-hybridized carbons (Fsp3) is 0.480. The first kappa shape index (κ1) is 18.7.